The van der Waals surface area contributed by atoms with Gasteiger partial charge in [-0.2, -0.15) is 0 Å². The van der Waals surface area contributed by atoms with E-state index in [1.165, 1.54) is 41.1 Å². The fourth-order valence-electron chi connectivity index (χ4n) is 4.12. The summed E-state index contributed by atoms with van der Waals surface area (Å²) in [6.07, 6.45) is 7.94. The van der Waals surface area contributed by atoms with E-state index in [2.05, 4.69) is 47.0 Å². The van der Waals surface area contributed by atoms with Gasteiger partial charge >= 0.3 is 0 Å². The highest BCUT2D eigenvalue weighted by Gasteiger charge is 2.22. The van der Waals surface area contributed by atoms with Crippen molar-refractivity contribution in [2.24, 2.45) is 0 Å². The number of nitrogens with one attached hydrogen (secondary N) is 1. The van der Waals surface area contributed by atoms with Gasteiger partial charge in [-0.3, -0.25) is 0 Å². The molecule has 1 aromatic heterocycles. The Hall–Kier alpha value is -1.81. The summed E-state index contributed by atoms with van der Waals surface area (Å²) in [5.74, 6) is 2.35. The first-order valence-electron chi connectivity index (χ1n) is 9.23. The highest BCUT2D eigenvalue weighted by atomic mass is 16.5. The normalized spacial score (nSPS) is 20.0. The SMILES string of the molecule is Cc1cc(C)c2c(c1)C(NCc1cnc3n1CCCC3)CCCO2. The van der Waals surface area contributed by atoms with Crippen molar-refractivity contribution < 1.29 is 4.74 Å². The molecule has 0 bridgehead atoms. The van der Waals surface area contributed by atoms with E-state index >= 15 is 0 Å². The van der Waals surface area contributed by atoms with Crippen LogP contribution in [0.4, 0.5) is 0 Å². The van der Waals surface area contributed by atoms with E-state index in [-0.39, 0.29) is 0 Å². The van der Waals surface area contributed by atoms with Gasteiger partial charge in [0.05, 0.1) is 12.3 Å². The molecular weight excluding hydrogens is 298 g/mol. The van der Waals surface area contributed by atoms with Crippen LogP contribution < -0.4 is 10.1 Å². The predicted octanol–water partition coefficient (Wildman–Crippen LogP) is 3.84. The number of imidazole rings is 1. The molecule has 128 valence electrons. The number of nitrogens with zero attached hydrogens (tertiary/aromatic N) is 2. The maximum atomic E-state index is 6.03. The molecular formula is C20H27N3O. The summed E-state index contributed by atoms with van der Waals surface area (Å²) in [7, 11) is 0. The molecule has 0 fully saturated rings. The van der Waals surface area contributed by atoms with Gasteiger partial charge in [-0.25, -0.2) is 4.98 Å². The molecule has 0 saturated heterocycles. The average Bonchev–Trinajstić information content (AvgIpc) is 2.87. The maximum Gasteiger partial charge on any atom is 0.126 e. The van der Waals surface area contributed by atoms with Crippen LogP contribution in [-0.4, -0.2) is 16.2 Å². The Morgan fingerprint density at radius 3 is 3.08 bits per heavy atom. The lowest BCUT2D eigenvalue weighted by atomic mass is 9.97. The molecule has 0 spiro atoms. The number of rotatable bonds is 3. The smallest absolute Gasteiger partial charge is 0.126 e. The van der Waals surface area contributed by atoms with Crippen LogP contribution in [0.25, 0.3) is 0 Å². The molecule has 0 radical (unpaired) electrons. The second-order valence-electron chi connectivity index (χ2n) is 7.20. The van der Waals surface area contributed by atoms with Crippen LogP contribution in [0.3, 0.4) is 0 Å². The highest BCUT2D eigenvalue weighted by molar-refractivity contribution is 5.46. The van der Waals surface area contributed by atoms with Crippen LogP contribution >= 0.6 is 0 Å². The van der Waals surface area contributed by atoms with Gasteiger partial charge in [-0.05, 0) is 45.1 Å². The van der Waals surface area contributed by atoms with Gasteiger partial charge in [0.25, 0.3) is 0 Å². The first kappa shape index (κ1) is 15.7. The standard InChI is InChI=1S/C20H27N3O/c1-14-10-15(2)20-17(11-14)18(6-5-9-24-20)21-12-16-13-22-19-7-3-4-8-23(16)19/h10-11,13,18,21H,3-9,12H2,1-2H3. The molecule has 0 aliphatic carbocycles. The summed E-state index contributed by atoms with van der Waals surface area (Å²) in [6, 6.07) is 4.86. The summed E-state index contributed by atoms with van der Waals surface area (Å²) in [6.45, 7) is 7.14. The minimum Gasteiger partial charge on any atom is -0.493 e. The van der Waals surface area contributed by atoms with Crippen LogP contribution in [0.2, 0.25) is 0 Å². The lowest BCUT2D eigenvalue weighted by molar-refractivity contribution is 0.313. The molecule has 24 heavy (non-hydrogen) atoms. The van der Waals surface area contributed by atoms with Crippen molar-refractivity contribution in [3.05, 3.63) is 46.5 Å². The minimum atomic E-state index is 0.357. The van der Waals surface area contributed by atoms with E-state index in [9.17, 15) is 0 Å². The number of ether oxygens (including phenoxy) is 1. The summed E-state index contributed by atoms with van der Waals surface area (Å²) < 4.78 is 8.44. The van der Waals surface area contributed by atoms with Crippen molar-refractivity contribution in [2.75, 3.05) is 6.61 Å². The number of hydrogen-bond donors (Lipinski definition) is 1. The summed E-state index contributed by atoms with van der Waals surface area (Å²) in [4.78, 5) is 4.61. The zero-order chi connectivity index (χ0) is 16.5. The lowest BCUT2D eigenvalue weighted by Crippen LogP contribution is -2.23. The number of aromatic nitrogens is 2. The van der Waals surface area contributed by atoms with Crippen molar-refractivity contribution >= 4 is 0 Å². The Kier molecular flexibility index (Phi) is 4.31. The van der Waals surface area contributed by atoms with E-state index in [0.29, 0.717) is 6.04 Å². The van der Waals surface area contributed by atoms with Gasteiger partial charge < -0.3 is 14.6 Å². The van der Waals surface area contributed by atoms with E-state index in [4.69, 9.17) is 4.74 Å². The van der Waals surface area contributed by atoms with Gasteiger partial charge in [0, 0.05) is 37.3 Å². The Morgan fingerprint density at radius 2 is 2.17 bits per heavy atom. The van der Waals surface area contributed by atoms with Crippen LogP contribution in [0.1, 0.15) is 59.9 Å². The topological polar surface area (TPSA) is 39.1 Å². The second kappa shape index (κ2) is 6.60. The van der Waals surface area contributed by atoms with Crippen LogP contribution in [0, 0.1) is 13.8 Å². The summed E-state index contributed by atoms with van der Waals surface area (Å²) in [5, 5.41) is 3.78. The monoisotopic (exact) mass is 325 g/mol. The number of hydrogen-bond acceptors (Lipinski definition) is 3. The quantitative estimate of drug-likeness (QED) is 0.932. The first-order valence-corrected chi connectivity index (χ1v) is 9.23. The molecule has 1 unspecified atom stereocenters. The molecule has 4 rings (SSSR count). The Morgan fingerprint density at radius 1 is 1.25 bits per heavy atom. The van der Waals surface area contributed by atoms with E-state index in [0.717, 1.165) is 44.7 Å². The van der Waals surface area contributed by atoms with E-state index in [1.54, 1.807) is 0 Å². The van der Waals surface area contributed by atoms with Crippen LogP contribution in [-0.2, 0) is 19.5 Å². The zero-order valence-corrected chi connectivity index (χ0v) is 14.8. The minimum absolute atomic E-state index is 0.357. The van der Waals surface area contributed by atoms with Gasteiger partial charge in [0.1, 0.15) is 11.6 Å². The van der Waals surface area contributed by atoms with Gasteiger partial charge in [0.2, 0.25) is 0 Å². The van der Waals surface area contributed by atoms with Crippen molar-refractivity contribution in [1.82, 2.24) is 14.9 Å². The molecule has 4 heteroatoms. The van der Waals surface area contributed by atoms with E-state index < -0.39 is 0 Å². The van der Waals surface area contributed by atoms with Crippen molar-refractivity contribution in [3.63, 3.8) is 0 Å². The lowest BCUT2D eigenvalue weighted by Gasteiger charge is -2.22. The Labute approximate surface area is 144 Å². The zero-order valence-electron chi connectivity index (χ0n) is 14.8. The van der Waals surface area contributed by atoms with Crippen molar-refractivity contribution in [3.8, 4) is 5.75 Å². The number of benzene rings is 1. The van der Waals surface area contributed by atoms with Crippen LogP contribution in [0.15, 0.2) is 18.3 Å². The highest BCUT2D eigenvalue weighted by Crippen LogP contribution is 2.35. The molecule has 2 aromatic rings. The van der Waals surface area contributed by atoms with Crippen LogP contribution in [0.5, 0.6) is 5.75 Å². The molecule has 3 heterocycles. The largest absolute Gasteiger partial charge is 0.493 e. The van der Waals surface area contributed by atoms with Gasteiger partial charge in [-0.15, -0.1) is 0 Å². The molecule has 2 aliphatic rings. The third-order valence-corrected chi connectivity index (χ3v) is 5.29. The molecule has 0 saturated carbocycles. The van der Waals surface area contributed by atoms with Crippen molar-refractivity contribution in [2.45, 2.75) is 65.1 Å². The predicted molar refractivity (Wildman–Crippen MR) is 95.4 cm³/mol. The molecule has 1 aromatic carbocycles. The summed E-state index contributed by atoms with van der Waals surface area (Å²) >= 11 is 0. The van der Waals surface area contributed by atoms with Gasteiger partial charge in [-0.1, -0.05) is 17.7 Å². The Bertz CT molecular complexity index is 735. The maximum absolute atomic E-state index is 6.03. The molecule has 0 amide bonds. The number of fused-ring (bicyclic) bond motifs is 2. The molecule has 1 N–H and O–H groups in total. The van der Waals surface area contributed by atoms with E-state index in [1.807, 2.05) is 0 Å². The second-order valence-corrected chi connectivity index (χ2v) is 7.20. The molecule has 1 atom stereocenters. The number of aryl methyl sites for hydroxylation is 3. The third-order valence-electron chi connectivity index (χ3n) is 5.29. The van der Waals surface area contributed by atoms with Gasteiger partial charge in [0.15, 0.2) is 0 Å². The fraction of sp³-hybridized carbons (Fsp3) is 0.550. The molecule has 4 nitrogen and oxygen atoms in total. The molecule has 2 aliphatic heterocycles. The Balaban J connectivity index is 1.56. The average molecular weight is 325 g/mol. The third kappa shape index (κ3) is 2.95. The van der Waals surface area contributed by atoms with Crippen molar-refractivity contribution in [1.29, 1.82) is 0 Å². The summed E-state index contributed by atoms with van der Waals surface area (Å²) in [5.41, 5.74) is 5.20. The first-order chi connectivity index (χ1) is 11.7. The fourth-order valence-corrected chi connectivity index (χ4v) is 4.12.